The van der Waals surface area contributed by atoms with Gasteiger partial charge in [-0.05, 0) is 30.5 Å². The number of carbonyl (C=O) groups is 2. The van der Waals surface area contributed by atoms with E-state index in [2.05, 4.69) is 24.4 Å². The highest BCUT2D eigenvalue weighted by Gasteiger charge is 2.57. The third-order valence-electron chi connectivity index (χ3n) is 5.30. The average Bonchev–Trinajstić information content (AvgIpc) is 3.19. The van der Waals surface area contributed by atoms with Crippen molar-refractivity contribution in [2.75, 3.05) is 11.4 Å². The molecule has 0 aromatic heterocycles. The molecule has 0 bridgehead atoms. The number of benzene rings is 2. The largest absolute Gasteiger partial charge is 0.353 e. The highest BCUT2D eigenvalue weighted by Crippen LogP contribution is 2.55. The molecule has 4 nitrogen and oxygen atoms in total. The molecule has 1 N–H and O–H groups in total. The molecule has 4 rings (SSSR count). The molecule has 2 aliphatic rings. The van der Waals surface area contributed by atoms with Crippen LogP contribution >= 0.6 is 11.8 Å². The van der Waals surface area contributed by atoms with Crippen LogP contribution in [0.25, 0.3) is 0 Å². The van der Waals surface area contributed by atoms with Crippen molar-refractivity contribution in [1.82, 2.24) is 5.32 Å². The summed E-state index contributed by atoms with van der Waals surface area (Å²) in [6, 6.07) is 18.0. The maximum Gasteiger partial charge on any atom is 0.257 e. The highest BCUT2D eigenvalue weighted by molar-refractivity contribution is 8.02. The zero-order valence-electron chi connectivity index (χ0n) is 14.8. The Bertz CT molecular complexity index is 839. The number of thioether (sulfide) groups is 1. The number of rotatable bonds is 5. The van der Waals surface area contributed by atoms with E-state index in [0.717, 1.165) is 17.0 Å². The fourth-order valence-corrected chi connectivity index (χ4v) is 5.31. The number of nitrogens with zero attached hydrogens (tertiary/aromatic N) is 1. The van der Waals surface area contributed by atoms with Gasteiger partial charge in [-0.25, -0.2) is 0 Å². The lowest BCUT2D eigenvalue weighted by Gasteiger charge is -2.30. The summed E-state index contributed by atoms with van der Waals surface area (Å²) in [6.07, 6.45) is 1.93. The van der Waals surface area contributed by atoms with Crippen LogP contribution in [0.1, 0.15) is 37.7 Å². The van der Waals surface area contributed by atoms with Crippen molar-refractivity contribution in [3.63, 3.8) is 0 Å². The third-order valence-corrected chi connectivity index (χ3v) is 6.78. The van der Waals surface area contributed by atoms with E-state index in [1.165, 1.54) is 17.3 Å². The molecule has 2 heterocycles. The molecular formula is C21H22N2O2S. The Morgan fingerprint density at radius 2 is 1.92 bits per heavy atom. The highest BCUT2D eigenvalue weighted by atomic mass is 32.2. The van der Waals surface area contributed by atoms with Crippen LogP contribution in [0.2, 0.25) is 0 Å². The van der Waals surface area contributed by atoms with E-state index >= 15 is 0 Å². The first-order valence-electron chi connectivity index (χ1n) is 9.10. The van der Waals surface area contributed by atoms with E-state index in [9.17, 15) is 9.59 Å². The van der Waals surface area contributed by atoms with Crippen molar-refractivity contribution in [3.8, 4) is 0 Å². The fourth-order valence-electron chi connectivity index (χ4n) is 3.88. The molecule has 2 aromatic carbocycles. The lowest BCUT2D eigenvalue weighted by atomic mass is 9.96. The summed E-state index contributed by atoms with van der Waals surface area (Å²) in [7, 11) is 0. The van der Waals surface area contributed by atoms with Crippen molar-refractivity contribution >= 4 is 29.3 Å². The van der Waals surface area contributed by atoms with E-state index in [1.807, 2.05) is 42.5 Å². The Morgan fingerprint density at radius 3 is 2.69 bits per heavy atom. The van der Waals surface area contributed by atoms with Crippen LogP contribution in [0, 0.1) is 0 Å². The van der Waals surface area contributed by atoms with Crippen molar-refractivity contribution in [1.29, 1.82) is 0 Å². The number of para-hydroxylation sites is 1. The molecular weight excluding hydrogens is 344 g/mol. The minimum atomic E-state index is -0.824. The summed E-state index contributed by atoms with van der Waals surface area (Å²) in [5.74, 6) is 0.252. The van der Waals surface area contributed by atoms with E-state index < -0.39 is 4.87 Å². The van der Waals surface area contributed by atoms with Gasteiger partial charge in [0.15, 0.2) is 4.87 Å². The second kappa shape index (κ2) is 6.80. The molecule has 2 aromatic rings. The Hall–Kier alpha value is -2.27. The van der Waals surface area contributed by atoms with Crippen LogP contribution < -0.4 is 10.2 Å². The number of amides is 2. The maximum atomic E-state index is 13.2. The van der Waals surface area contributed by atoms with Gasteiger partial charge in [-0.2, -0.15) is 0 Å². The van der Waals surface area contributed by atoms with Gasteiger partial charge in [-0.1, -0.05) is 61.2 Å². The van der Waals surface area contributed by atoms with Crippen LogP contribution in [-0.4, -0.2) is 23.2 Å². The molecule has 134 valence electrons. The number of fused-ring (bicyclic) bond motifs is 3. The van der Waals surface area contributed by atoms with Crippen LogP contribution in [0.3, 0.4) is 0 Å². The molecule has 0 aliphatic carbocycles. The number of hydrogen-bond donors (Lipinski definition) is 1. The summed E-state index contributed by atoms with van der Waals surface area (Å²) < 4.78 is 0. The van der Waals surface area contributed by atoms with Gasteiger partial charge in [0, 0.05) is 23.8 Å². The standard InChI is InChI=1S/C21H22N2O2S/c1-2-15(16-8-4-3-5-9-16)14-22-20(25)21-13-12-19(24)23(21)17-10-6-7-11-18(17)26-21/h3-11,15H,2,12-14H2,1H3,(H,22,25)/t15-,21+/m0/s1. The summed E-state index contributed by atoms with van der Waals surface area (Å²) >= 11 is 1.51. The van der Waals surface area contributed by atoms with E-state index in [0.29, 0.717) is 19.4 Å². The molecule has 2 aliphatic heterocycles. The minimum Gasteiger partial charge on any atom is -0.353 e. The molecule has 0 unspecified atom stereocenters. The first-order valence-corrected chi connectivity index (χ1v) is 9.91. The van der Waals surface area contributed by atoms with E-state index in [1.54, 1.807) is 4.90 Å². The molecule has 0 saturated carbocycles. The Kier molecular flexibility index (Phi) is 4.49. The topological polar surface area (TPSA) is 49.4 Å². The van der Waals surface area contributed by atoms with Gasteiger partial charge in [0.1, 0.15) is 0 Å². The molecule has 0 spiro atoms. The predicted octanol–water partition coefficient (Wildman–Crippen LogP) is 3.93. The van der Waals surface area contributed by atoms with E-state index in [4.69, 9.17) is 0 Å². The van der Waals surface area contributed by atoms with Gasteiger partial charge in [0.05, 0.1) is 5.69 Å². The Balaban J connectivity index is 1.54. The predicted molar refractivity (Wildman–Crippen MR) is 104 cm³/mol. The zero-order valence-corrected chi connectivity index (χ0v) is 15.6. The van der Waals surface area contributed by atoms with E-state index in [-0.39, 0.29) is 17.7 Å². The summed E-state index contributed by atoms with van der Waals surface area (Å²) in [4.78, 5) is 27.6. The molecule has 0 radical (unpaired) electrons. The van der Waals surface area contributed by atoms with Gasteiger partial charge in [0.25, 0.3) is 5.91 Å². The summed E-state index contributed by atoms with van der Waals surface area (Å²) in [5.41, 5.74) is 2.10. The van der Waals surface area contributed by atoms with Crippen molar-refractivity contribution in [3.05, 3.63) is 60.2 Å². The summed E-state index contributed by atoms with van der Waals surface area (Å²) in [5, 5.41) is 3.14. The number of hydrogen-bond acceptors (Lipinski definition) is 3. The van der Waals surface area contributed by atoms with Gasteiger partial charge in [-0.3, -0.25) is 14.5 Å². The minimum absolute atomic E-state index is 0.0349. The molecule has 2 amide bonds. The summed E-state index contributed by atoms with van der Waals surface area (Å²) in [6.45, 7) is 2.72. The first-order chi connectivity index (χ1) is 12.7. The van der Waals surface area contributed by atoms with Gasteiger partial charge in [0.2, 0.25) is 5.91 Å². The van der Waals surface area contributed by atoms with Crippen molar-refractivity contribution in [2.45, 2.75) is 41.9 Å². The van der Waals surface area contributed by atoms with Crippen LogP contribution in [0.5, 0.6) is 0 Å². The van der Waals surface area contributed by atoms with Crippen molar-refractivity contribution < 1.29 is 9.59 Å². The number of anilines is 1. The second-order valence-corrected chi connectivity index (χ2v) is 8.13. The average molecular weight is 366 g/mol. The monoisotopic (exact) mass is 366 g/mol. The number of nitrogens with one attached hydrogen (secondary N) is 1. The number of carbonyl (C=O) groups excluding carboxylic acids is 2. The van der Waals surface area contributed by atoms with Gasteiger partial charge in [-0.15, -0.1) is 0 Å². The SMILES string of the molecule is CC[C@@H](CNC(=O)[C@]12CCC(=O)N1c1ccccc1S2)c1ccccc1. The van der Waals surface area contributed by atoms with Crippen LogP contribution in [0.15, 0.2) is 59.5 Å². The smallest absolute Gasteiger partial charge is 0.257 e. The van der Waals surface area contributed by atoms with Crippen LogP contribution in [0.4, 0.5) is 5.69 Å². The first kappa shape index (κ1) is 17.2. The van der Waals surface area contributed by atoms with Crippen molar-refractivity contribution in [2.24, 2.45) is 0 Å². The fraction of sp³-hybridized carbons (Fsp3) is 0.333. The maximum absolute atomic E-state index is 13.2. The quantitative estimate of drug-likeness (QED) is 0.872. The van der Waals surface area contributed by atoms with Gasteiger partial charge >= 0.3 is 0 Å². The molecule has 1 fully saturated rings. The Labute approximate surface area is 158 Å². The molecule has 26 heavy (non-hydrogen) atoms. The Morgan fingerprint density at radius 1 is 1.19 bits per heavy atom. The van der Waals surface area contributed by atoms with Crippen LogP contribution in [-0.2, 0) is 9.59 Å². The molecule has 5 heteroatoms. The lowest BCUT2D eigenvalue weighted by molar-refractivity contribution is -0.124. The van der Waals surface area contributed by atoms with Gasteiger partial charge < -0.3 is 5.32 Å². The normalized spacial score (nSPS) is 22.0. The lowest BCUT2D eigenvalue weighted by Crippen LogP contribution is -2.53. The zero-order chi connectivity index (χ0) is 18.1. The third kappa shape index (κ3) is 2.71. The molecule has 2 atom stereocenters. The second-order valence-electron chi connectivity index (χ2n) is 6.81. The molecule has 1 saturated heterocycles.